The zero-order chi connectivity index (χ0) is 24.9. The maximum absolute atomic E-state index is 13.7. The van der Waals surface area contributed by atoms with E-state index in [1.54, 1.807) is 14.8 Å². The fourth-order valence-electron chi connectivity index (χ4n) is 3.40. The minimum absolute atomic E-state index is 0.0235. The van der Waals surface area contributed by atoms with Crippen molar-refractivity contribution in [3.8, 4) is 10.6 Å². The summed E-state index contributed by atoms with van der Waals surface area (Å²) in [5.74, 6) is -0.647. The fourth-order valence-corrected chi connectivity index (χ4v) is 4.49. The molecule has 34 heavy (non-hydrogen) atoms. The molecule has 3 rings (SSSR count). The van der Waals surface area contributed by atoms with Gasteiger partial charge in [-0.15, -0.1) is 11.3 Å². The van der Waals surface area contributed by atoms with E-state index < -0.39 is 28.7 Å². The molecule has 1 aliphatic rings. The Kier molecular flexibility index (Phi) is 8.49. The third-order valence-corrected chi connectivity index (χ3v) is 6.41. The van der Waals surface area contributed by atoms with E-state index >= 15 is 0 Å². The van der Waals surface area contributed by atoms with Crippen LogP contribution in [0.15, 0.2) is 12.3 Å². The van der Waals surface area contributed by atoms with Gasteiger partial charge in [0.25, 0.3) is 5.91 Å². The number of carbonyl (C=O) groups excluding carboxylic acids is 2. The maximum atomic E-state index is 13.7. The van der Waals surface area contributed by atoms with Gasteiger partial charge in [0.05, 0.1) is 0 Å². The number of thiazole rings is 1. The summed E-state index contributed by atoms with van der Waals surface area (Å²) in [6.07, 6.45) is -3.36. The van der Waals surface area contributed by atoms with Crippen molar-refractivity contribution in [2.75, 3.05) is 58.2 Å². The molecule has 0 aliphatic carbocycles. The lowest BCUT2D eigenvalue weighted by atomic mass is 9.93. The van der Waals surface area contributed by atoms with Crippen LogP contribution in [0.1, 0.15) is 22.3 Å². The Labute approximate surface area is 200 Å². The molecule has 2 aromatic heterocycles. The number of carbonyl (C=O) groups is 2. The summed E-state index contributed by atoms with van der Waals surface area (Å²) in [5.41, 5.74) is -0.307. The molecule has 3 amide bonds. The molecule has 0 saturated carbocycles. The summed E-state index contributed by atoms with van der Waals surface area (Å²) in [6.45, 7) is 6.46. The van der Waals surface area contributed by atoms with E-state index in [1.165, 1.54) is 12.3 Å². The standard InChI is InChI=1S/C20H27BF3N7O2S/c1-3-25-19(33)28-14-10-12(13(21)11-27-14)18-29-16(20(22,23)24)15(34-18)17(32)26-4-5-31-8-6-30(2)7-9-31/h10-11H,3-9,21H2,1-2H3,(H,26,32)(H2,25,27,28,33). The highest BCUT2D eigenvalue weighted by Crippen LogP contribution is 2.37. The van der Waals surface area contributed by atoms with Gasteiger partial charge in [0, 0.05) is 57.6 Å². The first-order valence-corrected chi connectivity index (χ1v) is 11.7. The lowest BCUT2D eigenvalue weighted by Crippen LogP contribution is -2.46. The first kappa shape index (κ1) is 25.9. The van der Waals surface area contributed by atoms with Crippen molar-refractivity contribution in [1.82, 2.24) is 30.4 Å². The van der Waals surface area contributed by atoms with Crippen molar-refractivity contribution in [3.05, 3.63) is 22.8 Å². The molecule has 3 heterocycles. The van der Waals surface area contributed by atoms with Gasteiger partial charge in [0.2, 0.25) is 0 Å². The van der Waals surface area contributed by atoms with E-state index in [2.05, 4.69) is 35.7 Å². The Morgan fingerprint density at radius 2 is 1.91 bits per heavy atom. The van der Waals surface area contributed by atoms with Crippen molar-refractivity contribution in [3.63, 3.8) is 0 Å². The number of halogens is 3. The summed E-state index contributed by atoms with van der Waals surface area (Å²) in [6, 6.07) is 0.957. The van der Waals surface area contributed by atoms with Crippen LogP contribution in [0.25, 0.3) is 10.6 Å². The first-order chi connectivity index (χ1) is 16.1. The quantitative estimate of drug-likeness (QED) is 0.485. The molecule has 184 valence electrons. The van der Waals surface area contributed by atoms with Crippen LogP contribution in [0.2, 0.25) is 0 Å². The fraction of sp³-hybridized carbons (Fsp3) is 0.500. The molecule has 0 radical (unpaired) electrons. The molecule has 0 atom stereocenters. The van der Waals surface area contributed by atoms with Crippen LogP contribution in [0.4, 0.5) is 23.8 Å². The number of amides is 3. The zero-order valence-electron chi connectivity index (χ0n) is 19.3. The average molecular weight is 497 g/mol. The van der Waals surface area contributed by atoms with Crippen molar-refractivity contribution in [1.29, 1.82) is 0 Å². The maximum Gasteiger partial charge on any atom is 0.435 e. The van der Waals surface area contributed by atoms with Crippen molar-refractivity contribution in [2.45, 2.75) is 13.1 Å². The van der Waals surface area contributed by atoms with Crippen LogP contribution in [-0.4, -0.2) is 92.4 Å². The van der Waals surface area contributed by atoms with Gasteiger partial charge >= 0.3 is 12.2 Å². The minimum atomic E-state index is -4.79. The molecule has 2 aromatic rings. The number of urea groups is 1. The SMILES string of the molecule is Bc1cnc(NC(=O)NCC)cc1-c1nc(C(F)(F)F)c(C(=O)NCCN2CCN(C)CC2)s1. The number of pyridine rings is 1. The van der Waals surface area contributed by atoms with E-state index in [1.807, 2.05) is 7.05 Å². The normalized spacial score (nSPS) is 15.2. The predicted molar refractivity (Wildman–Crippen MR) is 127 cm³/mol. The highest BCUT2D eigenvalue weighted by molar-refractivity contribution is 7.17. The second-order valence-electron chi connectivity index (χ2n) is 7.96. The third-order valence-electron chi connectivity index (χ3n) is 5.32. The van der Waals surface area contributed by atoms with Crippen LogP contribution >= 0.6 is 11.3 Å². The number of nitrogens with one attached hydrogen (secondary N) is 3. The van der Waals surface area contributed by atoms with Crippen LogP contribution in [0, 0.1) is 0 Å². The smallest absolute Gasteiger partial charge is 0.350 e. The molecule has 0 bridgehead atoms. The number of hydrogen-bond donors (Lipinski definition) is 3. The number of likely N-dealkylation sites (N-methyl/N-ethyl adjacent to an activating group) is 1. The third kappa shape index (κ3) is 6.67. The number of nitrogens with zero attached hydrogens (tertiary/aromatic N) is 4. The van der Waals surface area contributed by atoms with Gasteiger partial charge < -0.3 is 15.5 Å². The van der Waals surface area contributed by atoms with Crippen LogP contribution in [-0.2, 0) is 6.18 Å². The zero-order valence-corrected chi connectivity index (χ0v) is 20.1. The summed E-state index contributed by atoms with van der Waals surface area (Å²) in [4.78, 5) is 36.2. The number of anilines is 1. The lowest BCUT2D eigenvalue weighted by molar-refractivity contribution is -0.141. The monoisotopic (exact) mass is 497 g/mol. The number of rotatable bonds is 7. The Hall–Kier alpha value is -2.71. The van der Waals surface area contributed by atoms with Gasteiger partial charge in [-0.2, -0.15) is 13.2 Å². The molecule has 1 saturated heterocycles. The summed E-state index contributed by atoms with van der Waals surface area (Å²) >= 11 is 0.666. The van der Waals surface area contributed by atoms with E-state index in [4.69, 9.17) is 0 Å². The summed E-state index contributed by atoms with van der Waals surface area (Å²) in [5, 5.41) is 7.70. The van der Waals surface area contributed by atoms with E-state index in [0.717, 1.165) is 26.2 Å². The molecule has 0 unspecified atom stereocenters. The number of hydrogen-bond acceptors (Lipinski definition) is 7. The minimum Gasteiger partial charge on any atom is -0.350 e. The van der Waals surface area contributed by atoms with Gasteiger partial charge in [-0.1, -0.05) is 5.46 Å². The Morgan fingerprint density at radius 3 is 2.56 bits per heavy atom. The number of alkyl halides is 3. The highest BCUT2D eigenvalue weighted by Gasteiger charge is 2.40. The molecule has 1 fully saturated rings. The molecule has 0 aromatic carbocycles. The molecule has 0 spiro atoms. The lowest BCUT2D eigenvalue weighted by Gasteiger charge is -2.32. The van der Waals surface area contributed by atoms with E-state index in [9.17, 15) is 22.8 Å². The predicted octanol–water partition coefficient (Wildman–Crippen LogP) is 0.601. The van der Waals surface area contributed by atoms with Gasteiger partial charge in [-0.25, -0.2) is 14.8 Å². The molecule has 1 aliphatic heterocycles. The van der Waals surface area contributed by atoms with Gasteiger partial charge in [-0.05, 0) is 20.0 Å². The topological polar surface area (TPSA) is 102 Å². The van der Waals surface area contributed by atoms with Crippen molar-refractivity contribution < 1.29 is 22.8 Å². The van der Waals surface area contributed by atoms with Crippen LogP contribution in [0.3, 0.4) is 0 Å². The first-order valence-electron chi connectivity index (χ1n) is 10.9. The van der Waals surface area contributed by atoms with E-state index in [-0.39, 0.29) is 17.4 Å². The molecule has 3 N–H and O–H groups in total. The molecule has 14 heteroatoms. The highest BCUT2D eigenvalue weighted by atomic mass is 32.1. The number of piperazine rings is 1. The Bertz CT molecular complexity index is 1030. The van der Waals surface area contributed by atoms with Crippen molar-refractivity contribution >= 4 is 42.4 Å². The number of aromatic nitrogens is 2. The molecule has 9 nitrogen and oxygen atoms in total. The molecular formula is C20H27BF3N7O2S. The average Bonchev–Trinajstić information content (AvgIpc) is 3.23. The second-order valence-corrected chi connectivity index (χ2v) is 8.96. The van der Waals surface area contributed by atoms with Gasteiger partial charge in [0.15, 0.2) is 5.69 Å². The van der Waals surface area contributed by atoms with Gasteiger partial charge in [-0.3, -0.25) is 15.0 Å². The Balaban J connectivity index is 1.78. The van der Waals surface area contributed by atoms with Crippen molar-refractivity contribution in [2.24, 2.45) is 0 Å². The Morgan fingerprint density at radius 1 is 1.21 bits per heavy atom. The van der Waals surface area contributed by atoms with Gasteiger partial charge in [0.1, 0.15) is 23.5 Å². The van der Waals surface area contributed by atoms with E-state index in [0.29, 0.717) is 35.5 Å². The largest absolute Gasteiger partial charge is 0.435 e. The summed E-state index contributed by atoms with van der Waals surface area (Å²) < 4.78 is 41.1. The van der Waals surface area contributed by atoms with Crippen LogP contribution < -0.4 is 21.4 Å². The summed E-state index contributed by atoms with van der Waals surface area (Å²) in [7, 11) is 3.70. The molecular weight excluding hydrogens is 470 g/mol. The van der Waals surface area contributed by atoms with Crippen LogP contribution in [0.5, 0.6) is 0 Å². The second kappa shape index (κ2) is 11.1.